The summed E-state index contributed by atoms with van der Waals surface area (Å²) in [5.74, 6) is -0.700. The number of hydrogen-bond donors (Lipinski definition) is 1. The molecular weight excluding hydrogens is 466 g/mol. The van der Waals surface area contributed by atoms with Gasteiger partial charge in [-0.15, -0.1) is 0 Å². The molecular formula is C24H30F2N2O5S. The second-order valence-corrected chi connectivity index (χ2v) is 11.2. The van der Waals surface area contributed by atoms with Crippen molar-refractivity contribution in [1.29, 1.82) is 0 Å². The summed E-state index contributed by atoms with van der Waals surface area (Å²) in [6, 6.07) is 10.4. The van der Waals surface area contributed by atoms with Gasteiger partial charge in [0.15, 0.2) is 0 Å². The first-order chi connectivity index (χ1) is 16.0. The van der Waals surface area contributed by atoms with Gasteiger partial charge in [-0.1, -0.05) is 38.1 Å². The van der Waals surface area contributed by atoms with Gasteiger partial charge in [0.1, 0.15) is 15.5 Å². The number of halogens is 2. The van der Waals surface area contributed by atoms with Crippen LogP contribution in [0.5, 0.6) is 11.8 Å². The molecule has 1 aromatic heterocycles. The normalized spacial score (nSPS) is 20.9. The maximum absolute atomic E-state index is 13.9. The molecule has 1 N–H and O–H groups in total. The largest absolute Gasteiger partial charge is 0.481 e. The van der Waals surface area contributed by atoms with E-state index in [2.05, 4.69) is 15.0 Å². The molecule has 0 radical (unpaired) electrons. The number of pyridine rings is 1. The van der Waals surface area contributed by atoms with Crippen molar-refractivity contribution in [3.8, 4) is 11.8 Å². The topological polar surface area (TPSA) is 94.6 Å². The first kappa shape index (κ1) is 25.9. The summed E-state index contributed by atoms with van der Waals surface area (Å²) in [6.45, 7) is 0.902. The third kappa shape index (κ3) is 5.48. The fourth-order valence-electron chi connectivity index (χ4n) is 4.62. The standard InChI is InChI=1S/C24H30F2N2O5S/c1-15(2)17-7-5-6-8-18(17)24(13-11-16(12-14-24)34(4,30)31)22(29)27-19-9-10-20(32-3)28-21(19)33-23(25)26/h5-10,15-16,23H,11-14H2,1-4H3,(H,27,29). The Morgan fingerprint density at radius 2 is 1.79 bits per heavy atom. The Morgan fingerprint density at radius 3 is 2.35 bits per heavy atom. The number of sulfone groups is 1. The Balaban J connectivity index is 2.04. The molecule has 3 rings (SSSR count). The third-order valence-electron chi connectivity index (χ3n) is 6.42. The van der Waals surface area contributed by atoms with Crippen molar-refractivity contribution in [2.45, 2.75) is 62.7 Å². The lowest BCUT2D eigenvalue weighted by atomic mass is 9.66. The molecule has 0 unspecified atom stereocenters. The molecule has 0 spiro atoms. The number of rotatable bonds is 8. The minimum Gasteiger partial charge on any atom is -0.481 e. The van der Waals surface area contributed by atoms with E-state index < -0.39 is 38.9 Å². The van der Waals surface area contributed by atoms with Gasteiger partial charge in [0.2, 0.25) is 17.7 Å². The Kier molecular flexibility index (Phi) is 7.80. The van der Waals surface area contributed by atoms with Crippen LogP contribution < -0.4 is 14.8 Å². The Morgan fingerprint density at radius 1 is 1.15 bits per heavy atom. The smallest absolute Gasteiger partial charge is 0.388 e. The number of nitrogens with one attached hydrogen (secondary N) is 1. The average molecular weight is 497 g/mol. The summed E-state index contributed by atoms with van der Waals surface area (Å²) in [7, 11) is -1.92. The lowest BCUT2D eigenvalue weighted by Gasteiger charge is -2.40. The number of nitrogens with zero attached hydrogens (tertiary/aromatic N) is 1. The zero-order valence-electron chi connectivity index (χ0n) is 19.7. The number of amides is 1. The molecule has 1 saturated carbocycles. The second kappa shape index (κ2) is 10.2. The van der Waals surface area contributed by atoms with E-state index >= 15 is 0 Å². The van der Waals surface area contributed by atoms with Crippen molar-refractivity contribution >= 4 is 21.4 Å². The van der Waals surface area contributed by atoms with Gasteiger partial charge in [-0.25, -0.2) is 8.42 Å². The van der Waals surface area contributed by atoms with E-state index in [-0.39, 0.29) is 17.5 Å². The number of methoxy groups -OCH3 is 1. The van der Waals surface area contributed by atoms with Gasteiger partial charge >= 0.3 is 6.61 Å². The number of aromatic nitrogens is 1. The van der Waals surface area contributed by atoms with E-state index in [1.165, 1.54) is 25.5 Å². The lowest BCUT2D eigenvalue weighted by molar-refractivity contribution is -0.122. The van der Waals surface area contributed by atoms with Crippen molar-refractivity contribution in [2.24, 2.45) is 0 Å². The predicted molar refractivity (Wildman–Crippen MR) is 125 cm³/mol. The molecule has 1 amide bonds. The molecule has 1 heterocycles. The molecule has 0 atom stereocenters. The summed E-state index contributed by atoms with van der Waals surface area (Å²) in [6.07, 6.45) is 2.45. The first-order valence-electron chi connectivity index (χ1n) is 11.1. The number of anilines is 1. The van der Waals surface area contributed by atoms with Crippen LogP contribution >= 0.6 is 0 Å². The van der Waals surface area contributed by atoms with Crippen LogP contribution in [0, 0.1) is 0 Å². The van der Waals surface area contributed by atoms with Gasteiger partial charge in [0.05, 0.1) is 17.8 Å². The van der Waals surface area contributed by atoms with Crippen LogP contribution in [0.3, 0.4) is 0 Å². The van der Waals surface area contributed by atoms with Crippen LogP contribution in [0.25, 0.3) is 0 Å². The summed E-state index contributed by atoms with van der Waals surface area (Å²) in [4.78, 5) is 17.7. The zero-order valence-corrected chi connectivity index (χ0v) is 20.5. The average Bonchev–Trinajstić information content (AvgIpc) is 2.79. The maximum Gasteiger partial charge on any atom is 0.388 e. The Hall–Kier alpha value is -2.75. The van der Waals surface area contributed by atoms with Gasteiger partial charge in [0, 0.05) is 12.3 Å². The highest BCUT2D eigenvalue weighted by Gasteiger charge is 2.46. The van der Waals surface area contributed by atoms with Crippen LogP contribution in [0.4, 0.5) is 14.5 Å². The highest BCUT2D eigenvalue weighted by atomic mass is 32.2. The minimum atomic E-state index is -3.26. The Bertz CT molecular complexity index is 1130. The number of alkyl halides is 2. The lowest BCUT2D eigenvalue weighted by Crippen LogP contribution is -2.46. The SMILES string of the molecule is COc1ccc(NC(=O)C2(c3ccccc3C(C)C)CCC(S(C)(=O)=O)CC2)c(OC(F)F)n1. The van der Waals surface area contributed by atoms with Crippen molar-refractivity contribution in [3.05, 3.63) is 47.5 Å². The number of benzene rings is 1. The summed E-state index contributed by atoms with van der Waals surface area (Å²) in [5.41, 5.74) is 0.738. The van der Waals surface area contributed by atoms with Crippen LogP contribution in [-0.2, 0) is 20.0 Å². The molecule has 1 fully saturated rings. The molecule has 34 heavy (non-hydrogen) atoms. The number of hydrogen-bond acceptors (Lipinski definition) is 6. The van der Waals surface area contributed by atoms with Gasteiger partial charge in [-0.05, 0) is 48.8 Å². The van der Waals surface area contributed by atoms with Gasteiger partial charge in [-0.3, -0.25) is 4.79 Å². The predicted octanol–water partition coefficient (Wildman–Crippen LogP) is 4.68. The molecule has 186 valence electrons. The van der Waals surface area contributed by atoms with Crippen LogP contribution in [-0.4, -0.2) is 44.5 Å². The first-order valence-corrected chi connectivity index (χ1v) is 13.0. The van der Waals surface area contributed by atoms with Crippen LogP contribution in [0.2, 0.25) is 0 Å². The van der Waals surface area contributed by atoms with Crippen molar-refractivity contribution in [3.63, 3.8) is 0 Å². The van der Waals surface area contributed by atoms with Crippen molar-refractivity contribution in [1.82, 2.24) is 4.98 Å². The summed E-state index contributed by atoms with van der Waals surface area (Å²) < 4.78 is 59.8. The van der Waals surface area contributed by atoms with E-state index in [1.54, 1.807) is 0 Å². The fraction of sp³-hybridized carbons (Fsp3) is 0.500. The number of carbonyl (C=O) groups is 1. The molecule has 1 aliphatic carbocycles. The van der Waals surface area contributed by atoms with Crippen LogP contribution in [0.1, 0.15) is 56.6 Å². The Labute approximate surface area is 198 Å². The van der Waals surface area contributed by atoms with Gasteiger partial charge < -0.3 is 14.8 Å². The van der Waals surface area contributed by atoms with E-state index in [0.717, 1.165) is 11.1 Å². The van der Waals surface area contributed by atoms with Gasteiger partial charge in [0.25, 0.3) is 0 Å². The van der Waals surface area contributed by atoms with Crippen LogP contribution in [0.15, 0.2) is 36.4 Å². The van der Waals surface area contributed by atoms with E-state index in [1.807, 2.05) is 38.1 Å². The van der Waals surface area contributed by atoms with Crippen molar-refractivity contribution < 1.29 is 31.5 Å². The second-order valence-electron chi connectivity index (χ2n) is 8.89. The molecule has 2 aromatic rings. The maximum atomic E-state index is 13.9. The molecule has 1 aromatic carbocycles. The van der Waals surface area contributed by atoms with Crippen molar-refractivity contribution in [2.75, 3.05) is 18.7 Å². The molecule has 10 heteroatoms. The summed E-state index contributed by atoms with van der Waals surface area (Å²) >= 11 is 0. The number of carbonyl (C=O) groups excluding carboxylic acids is 1. The molecule has 0 aliphatic heterocycles. The number of ether oxygens (including phenoxy) is 2. The van der Waals surface area contributed by atoms with E-state index in [4.69, 9.17) is 4.74 Å². The summed E-state index contributed by atoms with van der Waals surface area (Å²) in [5, 5.41) is 2.20. The monoisotopic (exact) mass is 496 g/mol. The van der Waals surface area contributed by atoms with Gasteiger partial charge in [-0.2, -0.15) is 13.8 Å². The van der Waals surface area contributed by atoms with E-state index in [9.17, 15) is 22.0 Å². The quantitative estimate of drug-likeness (QED) is 0.570. The molecule has 0 bridgehead atoms. The highest BCUT2D eigenvalue weighted by Crippen LogP contribution is 2.45. The van der Waals surface area contributed by atoms with E-state index in [0.29, 0.717) is 25.7 Å². The minimum absolute atomic E-state index is 0.0160. The molecule has 0 saturated heterocycles. The fourth-order valence-corrected chi connectivity index (χ4v) is 5.71. The molecule has 7 nitrogen and oxygen atoms in total. The zero-order chi connectivity index (χ0) is 25.1. The molecule has 1 aliphatic rings. The third-order valence-corrected chi connectivity index (χ3v) is 8.10. The highest BCUT2D eigenvalue weighted by molar-refractivity contribution is 7.91.